The molecule has 18 heavy (non-hydrogen) atoms. The molecule has 0 radical (unpaired) electrons. The number of para-hydroxylation sites is 1. The first kappa shape index (κ1) is 13.4. The van der Waals surface area contributed by atoms with Gasteiger partial charge in [0.05, 0.1) is 0 Å². The monoisotopic (exact) mass is 246 g/mol. The average Bonchev–Trinajstić information content (AvgIpc) is 2.75. The fourth-order valence-electron chi connectivity index (χ4n) is 2.91. The molecule has 0 aliphatic carbocycles. The third-order valence-electron chi connectivity index (χ3n) is 3.86. The first-order chi connectivity index (χ1) is 8.58. The van der Waals surface area contributed by atoms with E-state index in [0.29, 0.717) is 6.04 Å². The van der Waals surface area contributed by atoms with Gasteiger partial charge >= 0.3 is 0 Å². The molecule has 0 bridgehead atoms. The summed E-state index contributed by atoms with van der Waals surface area (Å²) in [6.45, 7) is 12.4. The molecule has 0 amide bonds. The van der Waals surface area contributed by atoms with Gasteiger partial charge in [0.2, 0.25) is 0 Å². The topological polar surface area (TPSA) is 15.3 Å². The summed E-state index contributed by atoms with van der Waals surface area (Å²) in [7, 11) is 0. The Kier molecular flexibility index (Phi) is 4.28. The van der Waals surface area contributed by atoms with E-state index in [9.17, 15) is 0 Å². The van der Waals surface area contributed by atoms with Crippen molar-refractivity contribution in [3.05, 3.63) is 29.3 Å². The predicted octanol–water partition coefficient (Wildman–Crippen LogP) is 3.13. The molecule has 1 fully saturated rings. The quantitative estimate of drug-likeness (QED) is 0.878. The second kappa shape index (κ2) is 5.75. The first-order valence-corrected chi connectivity index (χ1v) is 7.12. The van der Waals surface area contributed by atoms with Crippen LogP contribution in [0.3, 0.4) is 0 Å². The number of rotatable bonds is 4. The minimum atomic E-state index is 0.597. The molecule has 2 nitrogen and oxygen atoms in total. The van der Waals surface area contributed by atoms with Crippen molar-refractivity contribution in [2.45, 2.75) is 40.2 Å². The molecule has 1 unspecified atom stereocenters. The van der Waals surface area contributed by atoms with E-state index in [1.54, 1.807) is 0 Å². The van der Waals surface area contributed by atoms with Crippen LogP contribution in [0.15, 0.2) is 18.2 Å². The van der Waals surface area contributed by atoms with Gasteiger partial charge in [0.15, 0.2) is 0 Å². The van der Waals surface area contributed by atoms with Gasteiger partial charge in [-0.1, -0.05) is 32.0 Å². The second-order valence-corrected chi connectivity index (χ2v) is 5.90. The molecule has 0 spiro atoms. The SMILES string of the molecule is Cc1cccc(C)c1N1CCC(CNC(C)C)C1. The Labute approximate surface area is 111 Å². The third-order valence-corrected chi connectivity index (χ3v) is 3.86. The Morgan fingerprint density at radius 3 is 2.56 bits per heavy atom. The molecule has 1 heterocycles. The average molecular weight is 246 g/mol. The van der Waals surface area contributed by atoms with E-state index >= 15 is 0 Å². The van der Waals surface area contributed by atoms with Gasteiger partial charge in [-0.3, -0.25) is 0 Å². The van der Waals surface area contributed by atoms with Crippen LogP contribution in [0.5, 0.6) is 0 Å². The van der Waals surface area contributed by atoms with E-state index in [-0.39, 0.29) is 0 Å². The van der Waals surface area contributed by atoms with Crippen LogP contribution < -0.4 is 10.2 Å². The highest BCUT2D eigenvalue weighted by Gasteiger charge is 2.24. The summed E-state index contributed by atoms with van der Waals surface area (Å²) in [6.07, 6.45) is 1.31. The summed E-state index contributed by atoms with van der Waals surface area (Å²) in [4.78, 5) is 2.57. The number of benzene rings is 1. The highest BCUT2D eigenvalue weighted by Crippen LogP contribution is 2.29. The molecule has 2 heteroatoms. The van der Waals surface area contributed by atoms with Crippen molar-refractivity contribution in [2.75, 3.05) is 24.5 Å². The number of nitrogens with zero attached hydrogens (tertiary/aromatic N) is 1. The molecular weight excluding hydrogens is 220 g/mol. The predicted molar refractivity (Wildman–Crippen MR) is 79.4 cm³/mol. The lowest BCUT2D eigenvalue weighted by atomic mass is 10.1. The molecule has 1 aromatic carbocycles. The minimum absolute atomic E-state index is 0.597. The van der Waals surface area contributed by atoms with Crippen LogP contribution in [-0.4, -0.2) is 25.7 Å². The zero-order chi connectivity index (χ0) is 13.1. The summed E-state index contributed by atoms with van der Waals surface area (Å²) in [6, 6.07) is 7.20. The standard InChI is InChI=1S/C16H26N2/c1-12(2)17-10-15-8-9-18(11-15)16-13(3)6-5-7-14(16)4/h5-7,12,15,17H,8-11H2,1-4H3. The van der Waals surface area contributed by atoms with Gasteiger partial charge < -0.3 is 10.2 Å². The largest absolute Gasteiger partial charge is 0.371 e. The van der Waals surface area contributed by atoms with Gasteiger partial charge in [-0.05, 0) is 43.9 Å². The molecule has 100 valence electrons. The number of aryl methyl sites for hydroxylation is 2. The molecule has 2 rings (SSSR count). The normalized spacial score (nSPS) is 19.8. The Morgan fingerprint density at radius 1 is 1.28 bits per heavy atom. The maximum absolute atomic E-state index is 3.56. The lowest BCUT2D eigenvalue weighted by molar-refractivity contribution is 0.480. The van der Waals surface area contributed by atoms with Crippen molar-refractivity contribution < 1.29 is 0 Å². The maximum atomic E-state index is 3.56. The molecule has 1 aliphatic rings. The molecule has 1 saturated heterocycles. The smallest absolute Gasteiger partial charge is 0.0425 e. The van der Waals surface area contributed by atoms with Crippen LogP contribution in [-0.2, 0) is 0 Å². The summed E-state index contributed by atoms with van der Waals surface area (Å²) in [5, 5.41) is 3.56. The van der Waals surface area contributed by atoms with Crippen molar-refractivity contribution in [2.24, 2.45) is 5.92 Å². The van der Waals surface area contributed by atoms with Crippen molar-refractivity contribution in [1.82, 2.24) is 5.32 Å². The van der Waals surface area contributed by atoms with Gasteiger partial charge in [-0.2, -0.15) is 0 Å². The van der Waals surface area contributed by atoms with E-state index in [0.717, 1.165) is 12.5 Å². The summed E-state index contributed by atoms with van der Waals surface area (Å²) in [5.41, 5.74) is 4.28. The van der Waals surface area contributed by atoms with Gasteiger partial charge in [0, 0.05) is 24.8 Å². The van der Waals surface area contributed by atoms with Crippen LogP contribution >= 0.6 is 0 Å². The van der Waals surface area contributed by atoms with Crippen molar-refractivity contribution in [3.8, 4) is 0 Å². The number of nitrogens with one attached hydrogen (secondary N) is 1. The van der Waals surface area contributed by atoms with Crippen LogP contribution in [0.1, 0.15) is 31.4 Å². The van der Waals surface area contributed by atoms with E-state index < -0.39 is 0 Å². The van der Waals surface area contributed by atoms with Crippen molar-refractivity contribution >= 4 is 5.69 Å². The molecule has 1 atom stereocenters. The summed E-state index contributed by atoms with van der Waals surface area (Å²) in [5.74, 6) is 0.798. The maximum Gasteiger partial charge on any atom is 0.0425 e. The fraction of sp³-hybridized carbons (Fsp3) is 0.625. The zero-order valence-corrected chi connectivity index (χ0v) is 12.2. The summed E-state index contributed by atoms with van der Waals surface area (Å²) >= 11 is 0. The van der Waals surface area contributed by atoms with E-state index in [2.05, 4.69) is 56.1 Å². The van der Waals surface area contributed by atoms with Gasteiger partial charge in [-0.15, -0.1) is 0 Å². The van der Waals surface area contributed by atoms with E-state index in [1.165, 1.54) is 36.3 Å². The lowest BCUT2D eigenvalue weighted by Gasteiger charge is -2.23. The van der Waals surface area contributed by atoms with Crippen LogP contribution in [0.2, 0.25) is 0 Å². The summed E-state index contributed by atoms with van der Waals surface area (Å²) < 4.78 is 0. The van der Waals surface area contributed by atoms with E-state index in [1.807, 2.05) is 0 Å². The molecule has 1 aromatic rings. The molecule has 0 saturated carbocycles. The van der Waals surface area contributed by atoms with Crippen LogP contribution in [0.25, 0.3) is 0 Å². The first-order valence-electron chi connectivity index (χ1n) is 7.12. The Morgan fingerprint density at radius 2 is 1.94 bits per heavy atom. The van der Waals surface area contributed by atoms with Crippen LogP contribution in [0.4, 0.5) is 5.69 Å². The fourth-order valence-corrected chi connectivity index (χ4v) is 2.91. The Hall–Kier alpha value is -1.02. The minimum Gasteiger partial charge on any atom is -0.371 e. The second-order valence-electron chi connectivity index (χ2n) is 5.90. The molecule has 1 aliphatic heterocycles. The van der Waals surface area contributed by atoms with Gasteiger partial charge in [0.1, 0.15) is 0 Å². The Balaban J connectivity index is 2.00. The van der Waals surface area contributed by atoms with Gasteiger partial charge in [0.25, 0.3) is 0 Å². The number of anilines is 1. The Bertz CT molecular complexity index is 378. The molecule has 0 aromatic heterocycles. The lowest BCUT2D eigenvalue weighted by Crippen LogP contribution is -2.31. The van der Waals surface area contributed by atoms with Gasteiger partial charge in [-0.25, -0.2) is 0 Å². The number of hydrogen-bond donors (Lipinski definition) is 1. The molecular formula is C16H26N2. The highest BCUT2D eigenvalue weighted by atomic mass is 15.2. The van der Waals surface area contributed by atoms with E-state index in [4.69, 9.17) is 0 Å². The third kappa shape index (κ3) is 3.05. The van der Waals surface area contributed by atoms with Crippen LogP contribution in [0, 0.1) is 19.8 Å². The van der Waals surface area contributed by atoms with Crippen molar-refractivity contribution in [1.29, 1.82) is 0 Å². The van der Waals surface area contributed by atoms with Crippen molar-refractivity contribution in [3.63, 3.8) is 0 Å². The zero-order valence-electron chi connectivity index (χ0n) is 12.2. The number of hydrogen-bond acceptors (Lipinski definition) is 2. The highest BCUT2D eigenvalue weighted by molar-refractivity contribution is 5.59. The molecule has 1 N–H and O–H groups in total.